The van der Waals surface area contributed by atoms with E-state index in [2.05, 4.69) is 0 Å². The van der Waals surface area contributed by atoms with Crippen LogP contribution < -0.4 is 10.5 Å². The van der Waals surface area contributed by atoms with Crippen molar-refractivity contribution in [2.24, 2.45) is 0 Å². The molecule has 0 spiro atoms. The summed E-state index contributed by atoms with van der Waals surface area (Å²) in [4.78, 5) is 10.5. The Labute approximate surface area is 71.1 Å². The molecule has 1 rings (SSSR count). The summed E-state index contributed by atoms with van der Waals surface area (Å²) in [5.74, 6) is 0.583. The van der Waals surface area contributed by atoms with Crippen LogP contribution in [0.15, 0.2) is 12.1 Å². The van der Waals surface area contributed by atoms with Crippen molar-refractivity contribution in [3.05, 3.63) is 23.3 Å². The van der Waals surface area contributed by atoms with Crippen LogP contribution in [0.3, 0.4) is 0 Å². The van der Waals surface area contributed by atoms with Crippen LogP contribution in [0.1, 0.15) is 15.9 Å². The van der Waals surface area contributed by atoms with Crippen molar-refractivity contribution in [1.29, 1.82) is 0 Å². The van der Waals surface area contributed by atoms with Crippen molar-refractivity contribution in [3.8, 4) is 5.75 Å². The minimum atomic E-state index is 0.410. The van der Waals surface area contributed by atoms with Gasteiger partial charge in [-0.15, -0.1) is 0 Å². The van der Waals surface area contributed by atoms with Gasteiger partial charge in [-0.05, 0) is 18.6 Å². The molecule has 64 valence electrons. The Morgan fingerprint density at radius 3 is 2.67 bits per heavy atom. The Morgan fingerprint density at radius 2 is 2.17 bits per heavy atom. The number of anilines is 1. The minimum Gasteiger partial charge on any atom is -0.494 e. The molecule has 0 fully saturated rings. The number of hydrogen-bond donors (Lipinski definition) is 1. The van der Waals surface area contributed by atoms with E-state index < -0.39 is 0 Å². The molecule has 1 aromatic rings. The maximum atomic E-state index is 10.5. The molecule has 0 saturated carbocycles. The average molecular weight is 165 g/mol. The number of carbonyl (C=O) groups is 1. The van der Waals surface area contributed by atoms with Crippen LogP contribution in [0.5, 0.6) is 5.75 Å². The number of nitrogens with two attached hydrogens (primary N) is 1. The standard InChI is InChI=1S/C9H11NO2/c1-6-3-4-7(5-11)8(10)9(6)12-2/h3-5H,10H2,1-2H3. The molecule has 12 heavy (non-hydrogen) atoms. The molecule has 2 N–H and O–H groups in total. The first-order valence-electron chi connectivity index (χ1n) is 3.59. The van der Waals surface area contributed by atoms with Crippen LogP contribution in [0.25, 0.3) is 0 Å². The second-order valence-corrected chi connectivity index (χ2v) is 2.54. The van der Waals surface area contributed by atoms with E-state index in [0.29, 0.717) is 17.0 Å². The predicted molar refractivity (Wildman–Crippen MR) is 47.5 cm³/mol. The van der Waals surface area contributed by atoms with E-state index in [1.807, 2.05) is 6.92 Å². The summed E-state index contributed by atoms with van der Waals surface area (Å²) in [5, 5.41) is 0. The molecule has 3 heteroatoms. The number of rotatable bonds is 2. The highest BCUT2D eigenvalue weighted by Gasteiger charge is 2.06. The Morgan fingerprint density at radius 1 is 1.50 bits per heavy atom. The third-order valence-electron chi connectivity index (χ3n) is 1.76. The Hall–Kier alpha value is -1.51. The summed E-state index contributed by atoms with van der Waals surface area (Å²) in [6.07, 6.45) is 0.720. The summed E-state index contributed by atoms with van der Waals surface area (Å²) < 4.78 is 5.03. The maximum Gasteiger partial charge on any atom is 0.152 e. The largest absolute Gasteiger partial charge is 0.494 e. The Balaban J connectivity index is 3.33. The number of benzene rings is 1. The summed E-state index contributed by atoms with van der Waals surface area (Å²) in [6, 6.07) is 3.49. The SMILES string of the molecule is COc1c(C)ccc(C=O)c1N. The fourth-order valence-electron chi connectivity index (χ4n) is 1.10. The topological polar surface area (TPSA) is 52.3 Å². The minimum absolute atomic E-state index is 0.410. The zero-order valence-electron chi connectivity index (χ0n) is 7.13. The second-order valence-electron chi connectivity index (χ2n) is 2.54. The molecule has 3 nitrogen and oxygen atoms in total. The molecule has 0 radical (unpaired) electrons. The molecule has 0 heterocycles. The maximum absolute atomic E-state index is 10.5. The second kappa shape index (κ2) is 3.26. The summed E-state index contributed by atoms with van der Waals surface area (Å²) in [6.45, 7) is 1.88. The first-order valence-corrected chi connectivity index (χ1v) is 3.59. The average Bonchev–Trinajstić information content (AvgIpc) is 2.06. The van der Waals surface area contributed by atoms with Gasteiger partial charge in [0.2, 0.25) is 0 Å². The van der Waals surface area contributed by atoms with Gasteiger partial charge < -0.3 is 10.5 Å². The first-order chi connectivity index (χ1) is 5.70. The quantitative estimate of drug-likeness (QED) is 0.532. The van der Waals surface area contributed by atoms with Crippen molar-refractivity contribution < 1.29 is 9.53 Å². The van der Waals surface area contributed by atoms with E-state index in [-0.39, 0.29) is 0 Å². The lowest BCUT2D eigenvalue weighted by molar-refractivity contribution is 0.112. The van der Waals surface area contributed by atoms with Crippen LogP contribution in [-0.4, -0.2) is 13.4 Å². The third-order valence-corrected chi connectivity index (χ3v) is 1.76. The summed E-state index contributed by atoms with van der Waals surface area (Å²) in [7, 11) is 1.53. The zero-order valence-corrected chi connectivity index (χ0v) is 7.13. The van der Waals surface area contributed by atoms with Crippen molar-refractivity contribution in [2.75, 3.05) is 12.8 Å². The van der Waals surface area contributed by atoms with E-state index in [1.165, 1.54) is 7.11 Å². The van der Waals surface area contributed by atoms with E-state index >= 15 is 0 Å². The van der Waals surface area contributed by atoms with Crippen LogP contribution >= 0.6 is 0 Å². The highest BCUT2D eigenvalue weighted by Crippen LogP contribution is 2.27. The van der Waals surface area contributed by atoms with Crippen LogP contribution in [-0.2, 0) is 0 Å². The van der Waals surface area contributed by atoms with E-state index in [0.717, 1.165) is 11.8 Å². The number of nitrogen functional groups attached to an aromatic ring is 1. The molecule has 0 atom stereocenters. The lowest BCUT2D eigenvalue weighted by Gasteiger charge is -2.08. The van der Waals surface area contributed by atoms with Crippen LogP contribution in [0.2, 0.25) is 0 Å². The van der Waals surface area contributed by atoms with Gasteiger partial charge in [-0.2, -0.15) is 0 Å². The van der Waals surface area contributed by atoms with E-state index in [1.54, 1.807) is 12.1 Å². The Kier molecular flexibility index (Phi) is 2.33. The van der Waals surface area contributed by atoms with Gasteiger partial charge in [0.25, 0.3) is 0 Å². The number of carbonyl (C=O) groups excluding carboxylic acids is 1. The fourth-order valence-corrected chi connectivity index (χ4v) is 1.10. The number of methoxy groups -OCH3 is 1. The van der Waals surface area contributed by atoms with Crippen LogP contribution in [0, 0.1) is 6.92 Å². The molecule has 0 saturated heterocycles. The van der Waals surface area contributed by atoms with Gasteiger partial charge in [-0.3, -0.25) is 4.79 Å². The van der Waals surface area contributed by atoms with Crippen LogP contribution in [0.4, 0.5) is 5.69 Å². The van der Waals surface area contributed by atoms with Gasteiger partial charge in [0.05, 0.1) is 12.8 Å². The molecule has 0 aliphatic heterocycles. The first kappa shape index (κ1) is 8.59. The Bertz CT molecular complexity index is 308. The highest BCUT2D eigenvalue weighted by molar-refractivity contribution is 5.86. The monoisotopic (exact) mass is 165 g/mol. The van der Waals surface area contributed by atoms with Gasteiger partial charge in [-0.25, -0.2) is 0 Å². The van der Waals surface area contributed by atoms with Gasteiger partial charge in [0.1, 0.15) is 5.75 Å². The molecule has 0 bridgehead atoms. The lowest BCUT2D eigenvalue weighted by atomic mass is 10.1. The van der Waals surface area contributed by atoms with E-state index in [4.69, 9.17) is 10.5 Å². The zero-order chi connectivity index (χ0) is 9.14. The molecule has 0 aromatic heterocycles. The molecule has 0 amide bonds. The van der Waals surface area contributed by atoms with Crippen molar-refractivity contribution >= 4 is 12.0 Å². The molecular weight excluding hydrogens is 154 g/mol. The third kappa shape index (κ3) is 1.25. The fraction of sp³-hybridized carbons (Fsp3) is 0.222. The van der Waals surface area contributed by atoms with Crippen molar-refractivity contribution in [2.45, 2.75) is 6.92 Å². The number of hydrogen-bond acceptors (Lipinski definition) is 3. The smallest absolute Gasteiger partial charge is 0.152 e. The predicted octanol–water partition coefficient (Wildman–Crippen LogP) is 1.40. The molecule has 0 aliphatic carbocycles. The van der Waals surface area contributed by atoms with Gasteiger partial charge in [0, 0.05) is 5.56 Å². The van der Waals surface area contributed by atoms with Crippen molar-refractivity contribution in [3.63, 3.8) is 0 Å². The number of aldehydes is 1. The normalized spacial score (nSPS) is 9.50. The molecule has 0 unspecified atom stereocenters. The van der Waals surface area contributed by atoms with Gasteiger partial charge >= 0.3 is 0 Å². The summed E-state index contributed by atoms with van der Waals surface area (Å²) in [5.41, 5.74) is 7.46. The summed E-state index contributed by atoms with van der Waals surface area (Å²) >= 11 is 0. The molecule has 1 aromatic carbocycles. The lowest BCUT2D eigenvalue weighted by Crippen LogP contribution is -1.98. The van der Waals surface area contributed by atoms with Gasteiger partial charge in [0.15, 0.2) is 6.29 Å². The highest BCUT2D eigenvalue weighted by atomic mass is 16.5. The van der Waals surface area contributed by atoms with Gasteiger partial charge in [-0.1, -0.05) is 6.07 Å². The van der Waals surface area contributed by atoms with E-state index in [9.17, 15) is 4.79 Å². The number of ether oxygens (including phenoxy) is 1. The van der Waals surface area contributed by atoms with Crippen molar-refractivity contribution in [1.82, 2.24) is 0 Å². The number of aryl methyl sites for hydroxylation is 1. The molecular formula is C9H11NO2. The molecule has 0 aliphatic rings.